The molecule has 2 heterocycles. The summed E-state index contributed by atoms with van der Waals surface area (Å²) in [6.07, 6.45) is 0.0263. The SMILES string of the molecule is COC(=O)c1ccccc1CS(=O)(=O)c1ccc(Cl)c(N2C(=O)Cc3sccc3C2=O)c1. The zero-order valence-corrected chi connectivity index (χ0v) is 19.1. The van der Waals surface area contributed by atoms with Crippen molar-refractivity contribution in [2.24, 2.45) is 0 Å². The zero-order valence-electron chi connectivity index (χ0n) is 16.7. The molecule has 2 amide bonds. The maximum Gasteiger partial charge on any atom is 0.338 e. The number of sulfone groups is 1. The highest BCUT2D eigenvalue weighted by atomic mass is 35.5. The van der Waals surface area contributed by atoms with Crippen molar-refractivity contribution >= 4 is 56.2 Å². The Morgan fingerprint density at radius 1 is 1.16 bits per heavy atom. The number of nitrogens with zero attached hydrogens (tertiary/aromatic N) is 1. The predicted molar refractivity (Wildman–Crippen MR) is 120 cm³/mol. The van der Waals surface area contributed by atoms with Crippen LogP contribution in [0.3, 0.4) is 0 Å². The third-order valence-electron chi connectivity index (χ3n) is 5.03. The molecule has 0 saturated heterocycles. The van der Waals surface area contributed by atoms with E-state index in [0.29, 0.717) is 10.4 Å². The number of imide groups is 1. The van der Waals surface area contributed by atoms with Crippen LogP contribution in [0.4, 0.5) is 5.69 Å². The minimum atomic E-state index is -3.95. The van der Waals surface area contributed by atoms with Crippen LogP contribution in [0.2, 0.25) is 5.02 Å². The Kier molecular flexibility index (Phi) is 5.89. The number of carbonyl (C=O) groups excluding carboxylic acids is 3. The number of fused-ring (bicyclic) bond motifs is 1. The lowest BCUT2D eigenvalue weighted by molar-refractivity contribution is -0.117. The number of rotatable bonds is 5. The fourth-order valence-corrected chi connectivity index (χ4v) is 5.92. The van der Waals surface area contributed by atoms with Crippen LogP contribution in [-0.4, -0.2) is 33.3 Å². The molecule has 2 aromatic carbocycles. The molecule has 0 atom stereocenters. The van der Waals surface area contributed by atoms with Gasteiger partial charge in [-0.25, -0.2) is 18.1 Å². The van der Waals surface area contributed by atoms with E-state index in [4.69, 9.17) is 16.3 Å². The first-order chi connectivity index (χ1) is 15.2. The van der Waals surface area contributed by atoms with E-state index in [0.717, 1.165) is 4.90 Å². The molecule has 0 spiro atoms. The van der Waals surface area contributed by atoms with Crippen molar-refractivity contribution in [2.75, 3.05) is 12.0 Å². The van der Waals surface area contributed by atoms with Gasteiger partial charge in [-0.05, 0) is 41.3 Å². The Balaban J connectivity index is 1.73. The summed E-state index contributed by atoms with van der Waals surface area (Å²) in [5.74, 6) is -2.17. The van der Waals surface area contributed by atoms with Crippen LogP contribution in [0.1, 0.15) is 31.2 Å². The molecule has 3 aromatic rings. The average molecular weight is 490 g/mol. The van der Waals surface area contributed by atoms with Gasteiger partial charge in [-0.2, -0.15) is 0 Å². The topological polar surface area (TPSA) is 97.8 Å². The molecule has 1 aromatic heterocycles. The van der Waals surface area contributed by atoms with Crippen molar-refractivity contribution in [1.29, 1.82) is 0 Å². The smallest absolute Gasteiger partial charge is 0.338 e. The Morgan fingerprint density at radius 2 is 1.91 bits per heavy atom. The third kappa shape index (κ3) is 3.94. The van der Waals surface area contributed by atoms with Gasteiger partial charge in [0.1, 0.15) is 0 Å². The largest absolute Gasteiger partial charge is 0.465 e. The van der Waals surface area contributed by atoms with Gasteiger partial charge >= 0.3 is 5.97 Å². The molecule has 4 rings (SSSR count). The van der Waals surface area contributed by atoms with Crippen LogP contribution in [-0.2, 0) is 31.5 Å². The second kappa shape index (κ2) is 8.50. The van der Waals surface area contributed by atoms with E-state index < -0.39 is 33.4 Å². The molecule has 10 heteroatoms. The molecule has 0 saturated carbocycles. The average Bonchev–Trinajstić information content (AvgIpc) is 3.23. The fourth-order valence-electron chi connectivity index (χ4n) is 3.46. The van der Waals surface area contributed by atoms with Gasteiger partial charge in [-0.1, -0.05) is 29.8 Å². The van der Waals surface area contributed by atoms with Gasteiger partial charge in [0, 0.05) is 4.88 Å². The van der Waals surface area contributed by atoms with Crippen LogP contribution < -0.4 is 4.90 Å². The first kappa shape index (κ1) is 22.2. The maximum atomic E-state index is 13.1. The van der Waals surface area contributed by atoms with Crippen molar-refractivity contribution in [3.05, 3.63) is 80.5 Å². The molecule has 1 aliphatic rings. The third-order valence-corrected chi connectivity index (χ3v) is 7.93. The van der Waals surface area contributed by atoms with Gasteiger partial charge < -0.3 is 4.74 Å². The number of hydrogen-bond donors (Lipinski definition) is 0. The predicted octanol–water partition coefficient (Wildman–Crippen LogP) is 3.89. The molecule has 32 heavy (non-hydrogen) atoms. The van der Waals surface area contributed by atoms with Gasteiger partial charge in [0.2, 0.25) is 5.91 Å². The number of anilines is 1. The molecular weight excluding hydrogens is 474 g/mol. The molecular formula is C22H16ClNO6S2. The molecule has 0 unspecified atom stereocenters. The van der Waals surface area contributed by atoms with Gasteiger partial charge in [0.25, 0.3) is 5.91 Å². The number of carbonyl (C=O) groups is 3. The Hall–Kier alpha value is -3.01. The summed E-state index contributed by atoms with van der Waals surface area (Å²) in [5.41, 5.74) is 0.801. The normalized spacial score (nSPS) is 13.8. The highest BCUT2D eigenvalue weighted by molar-refractivity contribution is 7.90. The molecule has 0 aliphatic carbocycles. The van der Waals surface area contributed by atoms with Gasteiger partial charge in [0.05, 0.1) is 46.0 Å². The highest BCUT2D eigenvalue weighted by Gasteiger charge is 2.35. The van der Waals surface area contributed by atoms with Crippen LogP contribution in [0.15, 0.2) is 58.8 Å². The molecule has 0 radical (unpaired) electrons. The van der Waals surface area contributed by atoms with E-state index in [9.17, 15) is 22.8 Å². The number of ether oxygens (including phenoxy) is 1. The minimum absolute atomic E-state index is 0.000782. The fraction of sp³-hybridized carbons (Fsp3) is 0.136. The molecule has 164 valence electrons. The van der Waals surface area contributed by atoms with Gasteiger partial charge in [0.15, 0.2) is 9.84 Å². The highest BCUT2D eigenvalue weighted by Crippen LogP contribution is 2.35. The van der Waals surface area contributed by atoms with E-state index in [1.807, 2.05) is 0 Å². The van der Waals surface area contributed by atoms with E-state index >= 15 is 0 Å². The minimum Gasteiger partial charge on any atom is -0.465 e. The summed E-state index contributed by atoms with van der Waals surface area (Å²) in [6.45, 7) is 0. The van der Waals surface area contributed by atoms with Crippen molar-refractivity contribution in [1.82, 2.24) is 0 Å². The summed E-state index contributed by atoms with van der Waals surface area (Å²) in [5, 5.41) is 1.79. The molecule has 0 fully saturated rings. The van der Waals surface area contributed by atoms with Crippen LogP contribution >= 0.6 is 22.9 Å². The zero-order chi connectivity index (χ0) is 23.0. The number of amides is 2. The summed E-state index contributed by atoms with van der Waals surface area (Å²) in [6, 6.07) is 11.7. The van der Waals surface area contributed by atoms with E-state index in [1.54, 1.807) is 23.6 Å². The van der Waals surface area contributed by atoms with E-state index in [-0.39, 0.29) is 33.2 Å². The van der Waals surface area contributed by atoms with Crippen molar-refractivity contribution in [2.45, 2.75) is 17.1 Å². The standard InChI is InChI=1S/C22H16ClNO6S2/c1-30-22(27)15-5-3-2-4-13(15)12-32(28,29)14-6-7-17(23)18(10-14)24-20(25)11-19-16(21(24)26)8-9-31-19/h2-10H,11-12H2,1H3. The number of benzene rings is 2. The van der Waals surface area contributed by atoms with Crippen LogP contribution in [0.25, 0.3) is 0 Å². The first-order valence-corrected chi connectivity index (χ1v) is 12.3. The number of halogens is 1. The second-order valence-electron chi connectivity index (χ2n) is 6.99. The van der Waals surface area contributed by atoms with E-state index in [1.165, 1.54) is 48.8 Å². The maximum absolute atomic E-state index is 13.1. The Morgan fingerprint density at radius 3 is 2.66 bits per heavy atom. The Bertz CT molecular complexity index is 1360. The lowest BCUT2D eigenvalue weighted by Gasteiger charge is -2.26. The summed E-state index contributed by atoms with van der Waals surface area (Å²) in [4.78, 5) is 39.0. The molecule has 7 nitrogen and oxygen atoms in total. The summed E-state index contributed by atoms with van der Waals surface area (Å²) in [7, 11) is -2.74. The quantitative estimate of drug-likeness (QED) is 0.398. The lowest BCUT2D eigenvalue weighted by atomic mass is 10.1. The van der Waals surface area contributed by atoms with Crippen LogP contribution in [0.5, 0.6) is 0 Å². The number of methoxy groups -OCH3 is 1. The van der Waals surface area contributed by atoms with Crippen LogP contribution in [0, 0.1) is 0 Å². The molecule has 0 bridgehead atoms. The van der Waals surface area contributed by atoms with Crippen molar-refractivity contribution in [3.8, 4) is 0 Å². The van der Waals surface area contributed by atoms with Gasteiger partial charge in [-0.15, -0.1) is 11.3 Å². The number of thiophene rings is 1. The lowest BCUT2D eigenvalue weighted by Crippen LogP contribution is -2.42. The summed E-state index contributed by atoms with van der Waals surface area (Å²) < 4.78 is 31.0. The van der Waals surface area contributed by atoms with Gasteiger partial charge in [-0.3, -0.25) is 9.59 Å². The Labute approximate surface area is 193 Å². The molecule has 0 N–H and O–H groups in total. The monoisotopic (exact) mass is 489 g/mol. The second-order valence-corrected chi connectivity index (χ2v) is 10.4. The van der Waals surface area contributed by atoms with Crippen molar-refractivity contribution in [3.63, 3.8) is 0 Å². The molecule has 1 aliphatic heterocycles. The van der Waals surface area contributed by atoms with Crippen molar-refractivity contribution < 1.29 is 27.5 Å². The number of hydrogen-bond acceptors (Lipinski definition) is 7. The van der Waals surface area contributed by atoms with E-state index in [2.05, 4.69) is 0 Å². The number of esters is 1. The summed E-state index contributed by atoms with van der Waals surface area (Å²) >= 11 is 7.57. The first-order valence-electron chi connectivity index (χ1n) is 9.35.